The summed E-state index contributed by atoms with van der Waals surface area (Å²) >= 11 is 0. The van der Waals surface area contributed by atoms with Gasteiger partial charge in [-0.2, -0.15) is 0 Å². The number of piperidine rings is 1. The van der Waals surface area contributed by atoms with E-state index in [0.717, 1.165) is 54.0 Å². The highest BCUT2D eigenvalue weighted by atomic mass is 16.5. The number of benzene rings is 2. The van der Waals surface area contributed by atoms with Crippen molar-refractivity contribution in [1.82, 2.24) is 4.57 Å². The fraction of sp³-hybridized carbons (Fsp3) is 0.304. The lowest BCUT2D eigenvalue weighted by molar-refractivity contribution is -0.122. The van der Waals surface area contributed by atoms with Crippen LogP contribution in [-0.2, 0) is 16.1 Å². The second kappa shape index (κ2) is 8.49. The molecule has 156 valence electrons. The van der Waals surface area contributed by atoms with E-state index in [2.05, 4.69) is 10.2 Å². The van der Waals surface area contributed by atoms with Crippen molar-refractivity contribution in [3.05, 3.63) is 54.7 Å². The third kappa shape index (κ3) is 4.25. The van der Waals surface area contributed by atoms with Crippen LogP contribution in [0.1, 0.15) is 12.8 Å². The summed E-state index contributed by atoms with van der Waals surface area (Å²) in [5.41, 5.74) is 8.23. The van der Waals surface area contributed by atoms with Crippen LogP contribution in [0.5, 0.6) is 5.75 Å². The van der Waals surface area contributed by atoms with Crippen molar-refractivity contribution in [2.75, 3.05) is 30.4 Å². The zero-order chi connectivity index (χ0) is 21.1. The van der Waals surface area contributed by atoms with E-state index in [-0.39, 0.29) is 24.3 Å². The van der Waals surface area contributed by atoms with E-state index in [1.54, 1.807) is 7.11 Å². The van der Waals surface area contributed by atoms with Gasteiger partial charge in [-0.15, -0.1) is 0 Å². The summed E-state index contributed by atoms with van der Waals surface area (Å²) < 4.78 is 7.17. The summed E-state index contributed by atoms with van der Waals surface area (Å²) in [5, 5.41) is 3.99. The molecule has 0 bridgehead atoms. The van der Waals surface area contributed by atoms with E-state index < -0.39 is 0 Å². The van der Waals surface area contributed by atoms with Gasteiger partial charge >= 0.3 is 0 Å². The molecular formula is C23H26N4O3. The Kier molecular flexibility index (Phi) is 5.61. The van der Waals surface area contributed by atoms with Gasteiger partial charge in [-0.05, 0) is 61.4 Å². The Balaban J connectivity index is 1.36. The molecule has 1 saturated heterocycles. The number of nitrogens with two attached hydrogens (primary N) is 1. The zero-order valence-corrected chi connectivity index (χ0v) is 17.0. The molecular weight excluding hydrogens is 380 g/mol. The van der Waals surface area contributed by atoms with Crippen LogP contribution < -0.4 is 20.7 Å². The molecule has 4 rings (SSSR count). The highest BCUT2D eigenvalue weighted by Crippen LogP contribution is 2.25. The number of hydrogen-bond donors (Lipinski definition) is 2. The molecule has 0 spiro atoms. The number of carbonyl (C=O) groups excluding carboxylic acids is 2. The summed E-state index contributed by atoms with van der Waals surface area (Å²) in [7, 11) is 1.64. The van der Waals surface area contributed by atoms with Crippen LogP contribution in [0.2, 0.25) is 0 Å². The second-order valence-electron chi connectivity index (χ2n) is 7.63. The van der Waals surface area contributed by atoms with Crippen molar-refractivity contribution in [1.29, 1.82) is 0 Å². The number of carbonyl (C=O) groups is 2. The minimum atomic E-state index is -0.206. The van der Waals surface area contributed by atoms with Gasteiger partial charge in [0, 0.05) is 47.5 Å². The third-order valence-corrected chi connectivity index (χ3v) is 5.71. The van der Waals surface area contributed by atoms with E-state index in [1.807, 2.05) is 59.3 Å². The van der Waals surface area contributed by atoms with Gasteiger partial charge in [0.25, 0.3) is 0 Å². The van der Waals surface area contributed by atoms with Gasteiger partial charge in [-0.25, -0.2) is 0 Å². The first-order valence-corrected chi connectivity index (χ1v) is 10.1. The first kappa shape index (κ1) is 19.8. The Labute approximate surface area is 175 Å². The summed E-state index contributed by atoms with van der Waals surface area (Å²) in [4.78, 5) is 26.1. The van der Waals surface area contributed by atoms with E-state index in [9.17, 15) is 9.59 Å². The maximum atomic E-state index is 12.5. The number of aromatic nitrogens is 1. The Hall–Kier alpha value is -3.48. The van der Waals surface area contributed by atoms with Gasteiger partial charge in [-0.3, -0.25) is 9.59 Å². The molecule has 0 atom stereocenters. The van der Waals surface area contributed by atoms with Gasteiger partial charge in [0.1, 0.15) is 12.3 Å². The minimum Gasteiger partial charge on any atom is -0.497 e. The summed E-state index contributed by atoms with van der Waals surface area (Å²) in [5.74, 6) is 0.481. The minimum absolute atomic E-state index is 0.0225. The number of anilines is 2. The summed E-state index contributed by atoms with van der Waals surface area (Å²) in [6.45, 7) is 1.85. The second-order valence-corrected chi connectivity index (χ2v) is 7.63. The quantitative estimate of drug-likeness (QED) is 0.659. The molecule has 0 saturated carbocycles. The van der Waals surface area contributed by atoms with Crippen LogP contribution in [0.25, 0.3) is 10.9 Å². The molecule has 1 aliphatic rings. The number of ether oxygens (including phenoxy) is 1. The molecule has 2 amide bonds. The van der Waals surface area contributed by atoms with Gasteiger partial charge < -0.3 is 25.3 Å². The summed E-state index contributed by atoms with van der Waals surface area (Å²) in [6.07, 6.45) is 3.47. The number of hydrogen-bond acceptors (Lipinski definition) is 4. The zero-order valence-electron chi connectivity index (χ0n) is 17.0. The van der Waals surface area contributed by atoms with E-state index in [4.69, 9.17) is 10.5 Å². The van der Waals surface area contributed by atoms with Crippen molar-refractivity contribution >= 4 is 34.1 Å². The molecule has 7 nitrogen and oxygen atoms in total. The average molecular weight is 406 g/mol. The highest BCUT2D eigenvalue weighted by molar-refractivity contribution is 5.92. The number of nitrogens with one attached hydrogen (secondary N) is 1. The Morgan fingerprint density at radius 3 is 2.50 bits per heavy atom. The predicted octanol–water partition coefficient (Wildman–Crippen LogP) is 2.99. The standard InChI is InChI=1S/C23H26N4O3/c1-30-20-6-7-21-17(14-20)10-13-27(21)15-22(28)25-18-2-4-19(5-3-18)26-11-8-16(9-12-26)23(24)29/h2-7,10,13-14,16H,8-9,11-12,15H2,1H3,(H2,24,29)(H,25,28). The van der Waals surface area contributed by atoms with Crippen LogP contribution in [0, 0.1) is 5.92 Å². The largest absolute Gasteiger partial charge is 0.497 e. The van der Waals surface area contributed by atoms with E-state index >= 15 is 0 Å². The molecule has 0 aliphatic carbocycles. The van der Waals surface area contributed by atoms with Gasteiger partial charge in [0.05, 0.1) is 7.11 Å². The number of nitrogens with zero attached hydrogens (tertiary/aromatic N) is 2. The average Bonchev–Trinajstić information content (AvgIpc) is 3.16. The maximum Gasteiger partial charge on any atom is 0.244 e. The number of primary amides is 1. The highest BCUT2D eigenvalue weighted by Gasteiger charge is 2.23. The molecule has 1 aliphatic heterocycles. The normalized spacial score (nSPS) is 14.6. The molecule has 7 heteroatoms. The fourth-order valence-electron chi connectivity index (χ4n) is 3.98. The van der Waals surface area contributed by atoms with Crippen molar-refractivity contribution in [3.8, 4) is 5.75 Å². The molecule has 3 aromatic rings. The van der Waals surface area contributed by atoms with Gasteiger partial charge in [0.15, 0.2) is 0 Å². The first-order valence-electron chi connectivity index (χ1n) is 10.1. The predicted molar refractivity (Wildman–Crippen MR) is 118 cm³/mol. The monoisotopic (exact) mass is 406 g/mol. The van der Waals surface area contributed by atoms with Crippen LogP contribution in [0.3, 0.4) is 0 Å². The van der Waals surface area contributed by atoms with Crippen molar-refractivity contribution < 1.29 is 14.3 Å². The first-order chi connectivity index (χ1) is 14.5. The molecule has 1 fully saturated rings. The van der Waals surface area contributed by atoms with Crippen molar-refractivity contribution in [2.45, 2.75) is 19.4 Å². The number of rotatable bonds is 6. The number of amides is 2. The lowest BCUT2D eigenvalue weighted by Crippen LogP contribution is -2.38. The molecule has 2 heterocycles. The van der Waals surface area contributed by atoms with Crippen molar-refractivity contribution in [2.24, 2.45) is 11.7 Å². The number of fused-ring (bicyclic) bond motifs is 1. The van der Waals surface area contributed by atoms with Crippen LogP contribution in [-0.4, -0.2) is 36.6 Å². The molecule has 0 unspecified atom stereocenters. The maximum absolute atomic E-state index is 12.5. The lowest BCUT2D eigenvalue weighted by Gasteiger charge is -2.32. The Morgan fingerprint density at radius 1 is 1.10 bits per heavy atom. The molecule has 0 radical (unpaired) electrons. The Bertz CT molecular complexity index is 1050. The third-order valence-electron chi connectivity index (χ3n) is 5.71. The van der Waals surface area contributed by atoms with E-state index in [1.165, 1.54) is 0 Å². The van der Waals surface area contributed by atoms with Crippen molar-refractivity contribution in [3.63, 3.8) is 0 Å². The smallest absolute Gasteiger partial charge is 0.244 e. The van der Waals surface area contributed by atoms with E-state index in [0.29, 0.717) is 0 Å². The van der Waals surface area contributed by atoms with Crippen LogP contribution >= 0.6 is 0 Å². The number of methoxy groups -OCH3 is 1. The topological polar surface area (TPSA) is 89.6 Å². The molecule has 3 N–H and O–H groups in total. The molecule has 1 aromatic heterocycles. The van der Waals surface area contributed by atoms with Gasteiger partial charge in [-0.1, -0.05) is 0 Å². The molecule has 30 heavy (non-hydrogen) atoms. The SMILES string of the molecule is COc1ccc2c(ccn2CC(=O)Nc2ccc(N3CCC(C(N)=O)CC3)cc2)c1. The summed E-state index contributed by atoms with van der Waals surface area (Å²) in [6, 6.07) is 15.6. The van der Waals surface area contributed by atoms with Crippen LogP contribution in [0.4, 0.5) is 11.4 Å². The Morgan fingerprint density at radius 2 is 1.83 bits per heavy atom. The lowest BCUT2D eigenvalue weighted by atomic mass is 9.96. The fourth-order valence-corrected chi connectivity index (χ4v) is 3.98. The molecule has 2 aromatic carbocycles. The van der Waals surface area contributed by atoms with Crippen LogP contribution in [0.15, 0.2) is 54.7 Å². The van der Waals surface area contributed by atoms with Gasteiger partial charge in [0.2, 0.25) is 11.8 Å².